The number of benzene rings is 1. The summed E-state index contributed by atoms with van der Waals surface area (Å²) in [6.07, 6.45) is 1.67. The number of carbonyl (C=O) groups excluding carboxylic acids is 1. The van der Waals surface area contributed by atoms with E-state index in [1.165, 1.54) is 0 Å². The van der Waals surface area contributed by atoms with Crippen molar-refractivity contribution in [1.29, 1.82) is 0 Å². The van der Waals surface area contributed by atoms with Gasteiger partial charge in [-0.2, -0.15) is 5.10 Å². The molecule has 0 saturated carbocycles. The Balaban J connectivity index is 2.68. The summed E-state index contributed by atoms with van der Waals surface area (Å²) in [5.41, 5.74) is 1.17. The summed E-state index contributed by atoms with van der Waals surface area (Å²) >= 11 is 0. The first-order valence-electron chi connectivity index (χ1n) is 3.46. The molecule has 1 aromatic carbocycles. The fourth-order valence-electron chi connectivity index (χ4n) is 1.08. The molecule has 0 aliphatic heterocycles. The monoisotopic (exact) mass is 163 g/mol. The summed E-state index contributed by atoms with van der Waals surface area (Å²) in [6.45, 7) is 0. The third-order valence-corrected chi connectivity index (χ3v) is 1.70. The second kappa shape index (κ2) is 2.34. The highest BCUT2D eigenvalue weighted by Crippen LogP contribution is 2.12. The van der Waals surface area contributed by atoms with E-state index < -0.39 is 5.97 Å². The summed E-state index contributed by atoms with van der Waals surface area (Å²) in [6, 6.07) is 5.01. The zero-order valence-electron chi connectivity index (χ0n) is 6.16. The van der Waals surface area contributed by atoms with E-state index in [1.54, 1.807) is 24.4 Å². The number of rotatable bonds is 1. The van der Waals surface area contributed by atoms with Gasteiger partial charge in [-0.15, -0.1) is 0 Å². The second-order valence-electron chi connectivity index (χ2n) is 2.50. The van der Waals surface area contributed by atoms with Crippen molar-refractivity contribution in [2.24, 2.45) is 0 Å². The van der Waals surface area contributed by atoms with Gasteiger partial charge in [-0.25, -0.2) is 0 Å². The molecule has 12 heavy (non-hydrogen) atoms. The van der Waals surface area contributed by atoms with Crippen LogP contribution in [0.25, 0.3) is 10.9 Å². The average molecular weight is 163 g/mol. The van der Waals surface area contributed by atoms with Gasteiger partial charge in [0.15, 0.2) is 0 Å². The maximum Gasteiger partial charge on any atom is 0.549 e. The molecule has 2 aromatic rings. The Morgan fingerprint density at radius 1 is 1.50 bits per heavy atom. The van der Waals surface area contributed by atoms with Gasteiger partial charge in [0.1, 0.15) is 5.56 Å². The van der Waals surface area contributed by atoms with Crippen LogP contribution in [0.4, 0.5) is 0 Å². The van der Waals surface area contributed by atoms with Gasteiger partial charge < -0.3 is 5.11 Å². The standard InChI is InChI=1S/C8H6N2O2/c11-8(12)5-1-2-6-4-9-10-7(6)3-5/h1-4H,(H,9,10)(H,11,12)/p+1. The lowest BCUT2D eigenvalue weighted by atomic mass is 10.2. The van der Waals surface area contributed by atoms with E-state index in [-0.39, 0.29) is 0 Å². The summed E-state index contributed by atoms with van der Waals surface area (Å²) in [4.78, 5) is 10.6. The topological polar surface area (TPSA) is 68.7 Å². The van der Waals surface area contributed by atoms with Gasteiger partial charge in [0, 0.05) is 10.2 Å². The van der Waals surface area contributed by atoms with Crippen LogP contribution in [-0.4, -0.2) is 21.3 Å². The zero-order chi connectivity index (χ0) is 8.55. The highest BCUT2D eigenvalue weighted by atomic mass is 16.4. The summed E-state index contributed by atoms with van der Waals surface area (Å²) in [5.74, 6) is -0.675. The first kappa shape index (κ1) is 6.84. The molecule has 0 fully saturated rings. The molecule has 60 valence electrons. The van der Waals surface area contributed by atoms with E-state index >= 15 is 0 Å². The van der Waals surface area contributed by atoms with E-state index in [1.807, 2.05) is 0 Å². The number of aromatic nitrogens is 2. The van der Waals surface area contributed by atoms with Crippen molar-refractivity contribution >= 4 is 16.9 Å². The van der Waals surface area contributed by atoms with E-state index in [9.17, 15) is 4.79 Å². The Morgan fingerprint density at radius 2 is 2.33 bits per heavy atom. The van der Waals surface area contributed by atoms with Crippen LogP contribution in [0.3, 0.4) is 0 Å². The number of aromatic amines is 1. The number of carbonyl (C=O) groups is 1. The summed E-state index contributed by atoms with van der Waals surface area (Å²) in [5, 5.41) is 14.4. The smallest absolute Gasteiger partial charge is 0.549 e. The maximum atomic E-state index is 10.6. The van der Waals surface area contributed by atoms with Crippen LogP contribution < -0.4 is 0 Å². The lowest BCUT2D eigenvalue weighted by molar-refractivity contribution is 0.0697. The predicted octanol–water partition coefficient (Wildman–Crippen LogP) is 0.428. The fraction of sp³-hybridized carbons (Fsp3) is 0. The maximum absolute atomic E-state index is 10.6. The molecule has 4 nitrogen and oxygen atoms in total. The molecule has 0 spiro atoms. The molecule has 0 radical (unpaired) electrons. The molecule has 1 aromatic heterocycles. The number of H-pyrrole nitrogens is 1. The first-order valence-corrected chi connectivity index (χ1v) is 3.46. The number of hydrogen-bond acceptors (Lipinski definition) is 2. The normalized spacial score (nSPS) is 10.3. The average Bonchev–Trinajstić information content (AvgIpc) is 2.49. The van der Waals surface area contributed by atoms with E-state index in [4.69, 9.17) is 5.11 Å². The fourth-order valence-corrected chi connectivity index (χ4v) is 1.08. The molecule has 0 aliphatic rings. The lowest BCUT2D eigenvalue weighted by Gasteiger charge is -1.88. The van der Waals surface area contributed by atoms with Crippen molar-refractivity contribution in [2.45, 2.75) is 0 Å². The van der Waals surface area contributed by atoms with Crippen LogP contribution in [0.15, 0.2) is 24.4 Å². The summed E-state index contributed by atoms with van der Waals surface area (Å²) in [7, 11) is 0. The Hall–Kier alpha value is -1.84. The van der Waals surface area contributed by atoms with E-state index in [0.717, 1.165) is 10.9 Å². The SMILES string of the molecule is O=C([OH2+])c1ccc2cn[nH]c2c1. The van der Waals surface area contributed by atoms with Gasteiger partial charge in [0.2, 0.25) is 0 Å². The largest absolute Gasteiger partial charge is 0.561 e. The predicted molar refractivity (Wildman–Crippen MR) is 44.0 cm³/mol. The van der Waals surface area contributed by atoms with Gasteiger partial charge in [0.25, 0.3) is 0 Å². The van der Waals surface area contributed by atoms with Gasteiger partial charge in [0.05, 0.1) is 11.7 Å². The van der Waals surface area contributed by atoms with Gasteiger partial charge >= 0.3 is 5.97 Å². The summed E-state index contributed by atoms with van der Waals surface area (Å²) < 4.78 is 0. The Morgan fingerprint density at radius 3 is 3.08 bits per heavy atom. The molecule has 0 amide bonds. The Labute approximate surface area is 67.8 Å². The van der Waals surface area contributed by atoms with Crippen LogP contribution in [0.1, 0.15) is 10.4 Å². The first-order chi connectivity index (χ1) is 5.77. The highest BCUT2D eigenvalue weighted by Gasteiger charge is 2.10. The minimum atomic E-state index is -0.675. The van der Waals surface area contributed by atoms with Gasteiger partial charge in [-0.05, 0) is 12.1 Å². The Kier molecular flexibility index (Phi) is 1.33. The van der Waals surface area contributed by atoms with Crippen molar-refractivity contribution < 1.29 is 9.90 Å². The van der Waals surface area contributed by atoms with Crippen LogP contribution in [0.2, 0.25) is 0 Å². The number of fused-ring (bicyclic) bond motifs is 1. The molecule has 1 heterocycles. The van der Waals surface area contributed by atoms with E-state index in [0.29, 0.717) is 5.56 Å². The molecule has 0 saturated heterocycles. The third-order valence-electron chi connectivity index (χ3n) is 1.70. The lowest BCUT2D eigenvalue weighted by Crippen LogP contribution is -1.94. The van der Waals surface area contributed by atoms with E-state index in [2.05, 4.69) is 10.2 Å². The molecule has 4 heteroatoms. The quantitative estimate of drug-likeness (QED) is 0.619. The molecule has 2 rings (SSSR count). The molecule has 0 unspecified atom stereocenters. The highest BCUT2D eigenvalue weighted by molar-refractivity contribution is 5.92. The number of nitrogens with zero attached hydrogens (tertiary/aromatic N) is 1. The minimum absolute atomic E-state index is 0.381. The molecular weight excluding hydrogens is 156 g/mol. The molecule has 0 bridgehead atoms. The van der Waals surface area contributed by atoms with Crippen LogP contribution in [0.5, 0.6) is 0 Å². The van der Waals surface area contributed by atoms with Gasteiger partial charge in [-0.1, -0.05) is 6.07 Å². The van der Waals surface area contributed by atoms with Crippen LogP contribution in [-0.2, 0) is 0 Å². The molecule has 0 atom stereocenters. The van der Waals surface area contributed by atoms with Crippen molar-refractivity contribution in [3.8, 4) is 0 Å². The van der Waals surface area contributed by atoms with Crippen molar-refractivity contribution in [1.82, 2.24) is 10.2 Å². The molecule has 0 aliphatic carbocycles. The number of nitrogens with one attached hydrogen (secondary N) is 1. The van der Waals surface area contributed by atoms with Crippen molar-refractivity contribution in [3.05, 3.63) is 30.0 Å². The van der Waals surface area contributed by atoms with Gasteiger partial charge in [-0.3, -0.25) is 5.10 Å². The molecule has 3 N–H and O–H groups in total. The zero-order valence-corrected chi connectivity index (χ0v) is 6.16. The van der Waals surface area contributed by atoms with Crippen molar-refractivity contribution in [2.75, 3.05) is 0 Å². The number of hydrogen-bond donors (Lipinski definition) is 1. The van der Waals surface area contributed by atoms with Crippen LogP contribution in [0, 0.1) is 0 Å². The Bertz CT molecular complexity index is 433. The third kappa shape index (κ3) is 0.934. The minimum Gasteiger partial charge on any atom is -0.561 e. The van der Waals surface area contributed by atoms with Crippen molar-refractivity contribution in [3.63, 3.8) is 0 Å². The second-order valence-corrected chi connectivity index (χ2v) is 2.50. The van der Waals surface area contributed by atoms with Crippen LogP contribution >= 0.6 is 0 Å². The molecular formula is C8H7N2O2+.